The molecule has 64 valence electrons. The SMILES string of the molecule is C=C[Si](C)(C)c1ccccc1Br. The van der Waals surface area contributed by atoms with Gasteiger partial charge in [0.15, 0.2) is 0 Å². The predicted octanol–water partition coefficient (Wildman–Crippen LogP) is 3.09. The lowest BCUT2D eigenvalue weighted by molar-refractivity contribution is 1.66. The van der Waals surface area contributed by atoms with Gasteiger partial charge in [-0.25, -0.2) is 0 Å². The van der Waals surface area contributed by atoms with E-state index >= 15 is 0 Å². The van der Waals surface area contributed by atoms with Crippen molar-refractivity contribution in [1.29, 1.82) is 0 Å². The second-order valence-electron chi connectivity index (χ2n) is 3.41. The molecule has 0 nitrogen and oxygen atoms in total. The first kappa shape index (κ1) is 9.74. The molecule has 0 amide bonds. The maximum Gasteiger partial charge on any atom is 0.105 e. The summed E-state index contributed by atoms with van der Waals surface area (Å²) < 4.78 is 1.21. The molecule has 0 aliphatic heterocycles. The predicted molar refractivity (Wildman–Crippen MR) is 61.5 cm³/mol. The number of rotatable bonds is 2. The van der Waals surface area contributed by atoms with Gasteiger partial charge in [-0.15, -0.1) is 6.58 Å². The molecular weight excluding hydrogens is 228 g/mol. The molecule has 0 unspecified atom stereocenters. The van der Waals surface area contributed by atoms with Crippen molar-refractivity contribution in [2.24, 2.45) is 0 Å². The Morgan fingerprint density at radius 3 is 2.42 bits per heavy atom. The van der Waals surface area contributed by atoms with Crippen LogP contribution in [0.5, 0.6) is 0 Å². The monoisotopic (exact) mass is 240 g/mol. The van der Waals surface area contributed by atoms with Crippen molar-refractivity contribution in [3.8, 4) is 0 Å². The summed E-state index contributed by atoms with van der Waals surface area (Å²) in [6, 6.07) is 8.39. The van der Waals surface area contributed by atoms with E-state index in [4.69, 9.17) is 0 Å². The fourth-order valence-corrected chi connectivity index (χ4v) is 4.36. The maximum atomic E-state index is 3.89. The lowest BCUT2D eigenvalue weighted by atomic mass is 10.4. The van der Waals surface area contributed by atoms with Gasteiger partial charge in [-0.1, -0.05) is 52.9 Å². The molecule has 0 saturated carbocycles. The zero-order valence-corrected chi connectivity index (χ0v) is 10.1. The smallest absolute Gasteiger partial charge is 0.105 e. The molecule has 0 aliphatic rings. The van der Waals surface area contributed by atoms with Crippen LogP contribution in [-0.2, 0) is 0 Å². The van der Waals surface area contributed by atoms with Gasteiger partial charge in [0.2, 0.25) is 0 Å². The Morgan fingerprint density at radius 2 is 1.92 bits per heavy atom. The number of hydrogen-bond donors (Lipinski definition) is 0. The van der Waals surface area contributed by atoms with Gasteiger partial charge in [0.05, 0.1) is 0 Å². The lowest BCUT2D eigenvalue weighted by Gasteiger charge is -2.19. The third-order valence-electron chi connectivity index (χ3n) is 2.08. The molecule has 0 aromatic heterocycles. The minimum Gasteiger partial charge on any atom is -0.107 e. The zero-order valence-electron chi connectivity index (χ0n) is 7.47. The molecule has 0 aliphatic carbocycles. The van der Waals surface area contributed by atoms with E-state index in [9.17, 15) is 0 Å². The van der Waals surface area contributed by atoms with E-state index in [0.717, 1.165) is 0 Å². The Balaban J connectivity index is 3.19. The van der Waals surface area contributed by atoms with Gasteiger partial charge in [0.1, 0.15) is 8.07 Å². The highest BCUT2D eigenvalue weighted by Crippen LogP contribution is 2.13. The summed E-state index contributed by atoms with van der Waals surface area (Å²) in [6.07, 6.45) is 0. The van der Waals surface area contributed by atoms with E-state index in [1.54, 1.807) is 0 Å². The van der Waals surface area contributed by atoms with E-state index in [0.29, 0.717) is 0 Å². The Kier molecular flexibility index (Phi) is 2.91. The highest BCUT2D eigenvalue weighted by Gasteiger charge is 2.20. The highest BCUT2D eigenvalue weighted by molar-refractivity contribution is 9.10. The van der Waals surface area contributed by atoms with Gasteiger partial charge < -0.3 is 0 Å². The van der Waals surface area contributed by atoms with Gasteiger partial charge >= 0.3 is 0 Å². The van der Waals surface area contributed by atoms with Crippen molar-refractivity contribution in [1.82, 2.24) is 0 Å². The van der Waals surface area contributed by atoms with Crippen molar-refractivity contribution in [3.05, 3.63) is 41.0 Å². The normalized spacial score (nSPS) is 11.2. The van der Waals surface area contributed by atoms with Crippen LogP contribution in [-0.4, -0.2) is 8.07 Å². The fourth-order valence-electron chi connectivity index (χ4n) is 1.09. The van der Waals surface area contributed by atoms with Crippen LogP contribution in [0.25, 0.3) is 0 Å². The molecule has 0 spiro atoms. The van der Waals surface area contributed by atoms with Gasteiger partial charge in [-0.05, 0) is 11.3 Å². The number of hydrogen-bond acceptors (Lipinski definition) is 0. The van der Waals surface area contributed by atoms with E-state index in [1.807, 2.05) is 6.07 Å². The molecule has 1 aromatic rings. The molecule has 0 heterocycles. The molecule has 0 radical (unpaired) electrons. The minimum atomic E-state index is -1.38. The summed E-state index contributed by atoms with van der Waals surface area (Å²) in [4.78, 5) is 0. The molecule has 2 heteroatoms. The first-order valence-corrected chi connectivity index (χ1v) is 7.83. The molecule has 1 rings (SSSR count). The van der Waals surface area contributed by atoms with Gasteiger partial charge in [-0.3, -0.25) is 0 Å². The molecule has 1 aromatic carbocycles. The van der Waals surface area contributed by atoms with Crippen LogP contribution < -0.4 is 5.19 Å². The third kappa shape index (κ3) is 1.87. The average molecular weight is 241 g/mol. The van der Waals surface area contributed by atoms with Crippen molar-refractivity contribution in [2.45, 2.75) is 13.1 Å². The highest BCUT2D eigenvalue weighted by atomic mass is 79.9. The second-order valence-corrected chi connectivity index (χ2v) is 8.65. The quantitative estimate of drug-likeness (QED) is 0.698. The van der Waals surface area contributed by atoms with E-state index in [-0.39, 0.29) is 0 Å². The molecular formula is C10H13BrSi. The van der Waals surface area contributed by atoms with Crippen molar-refractivity contribution in [3.63, 3.8) is 0 Å². The largest absolute Gasteiger partial charge is 0.107 e. The molecule has 12 heavy (non-hydrogen) atoms. The Morgan fingerprint density at radius 1 is 1.33 bits per heavy atom. The summed E-state index contributed by atoms with van der Waals surface area (Å²) in [7, 11) is -1.38. The summed E-state index contributed by atoms with van der Waals surface area (Å²) in [5.41, 5.74) is 2.10. The molecule has 0 fully saturated rings. The van der Waals surface area contributed by atoms with Crippen molar-refractivity contribution < 1.29 is 0 Å². The van der Waals surface area contributed by atoms with Crippen LogP contribution >= 0.6 is 15.9 Å². The molecule has 0 bridgehead atoms. The van der Waals surface area contributed by atoms with Gasteiger partial charge in [0, 0.05) is 4.47 Å². The van der Waals surface area contributed by atoms with Gasteiger partial charge in [-0.2, -0.15) is 0 Å². The van der Waals surface area contributed by atoms with Crippen LogP contribution in [0.2, 0.25) is 13.1 Å². The Bertz CT molecular complexity index is 292. The lowest BCUT2D eigenvalue weighted by Crippen LogP contribution is -2.39. The number of benzene rings is 1. The molecule has 0 saturated heterocycles. The second kappa shape index (κ2) is 3.58. The standard InChI is InChI=1S/C10H13BrSi/c1-4-12(2,3)10-8-6-5-7-9(10)11/h4-8H,1H2,2-3H3. The van der Waals surface area contributed by atoms with Crippen LogP contribution in [0.1, 0.15) is 0 Å². The topological polar surface area (TPSA) is 0 Å². The fraction of sp³-hybridized carbons (Fsp3) is 0.200. The zero-order chi connectivity index (χ0) is 9.19. The Labute approximate surface area is 83.5 Å². The van der Waals surface area contributed by atoms with E-state index < -0.39 is 8.07 Å². The summed E-state index contributed by atoms with van der Waals surface area (Å²) >= 11 is 3.56. The van der Waals surface area contributed by atoms with E-state index in [1.165, 1.54) is 9.66 Å². The number of halogens is 1. The maximum absolute atomic E-state index is 3.89. The minimum absolute atomic E-state index is 1.21. The summed E-state index contributed by atoms with van der Waals surface area (Å²) in [5, 5.41) is 1.42. The van der Waals surface area contributed by atoms with Crippen molar-refractivity contribution >= 4 is 29.2 Å². The first-order valence-electron chi connectivity index (χ1n) is 3.96. The molecule has 0 N–H and O–H groups in total. The van der Waals surface area contributed by atoms with Crippen LogP contribution in [0.3, 0.4) is 0 Å². The van der Waals surface area contributed by atoms with Crippen LogP contribution in [0, 0.1) is 0 Å². The third-order valence-corrected chi connectivity index (χ3v) is 5.98. The first-order chi connectivity index (χ1) is 5.58. The summed E-state index contributed by atoms with van der Waals surface area (Å²) in [6.45, 7) is 8.47. The van der Waals surface area contributed by atoms with Crippen LogP contribution in [0.15, 0.2) is 41.0 Å². The van der Waals surface area contributed by atoms with Gasteiger partial charge in [0.25, 0.3) is 0 Å². The summed E-state index contributed by atoms with van der Waals surface area (Å²) in [5.74, 6) is 0. The van der Waals surface area contributed by atoms with Crippen LogP contribution in [0.4, 0.5) is 0 Å². The average Bonchev–Trinajstić information content (AvgIpc) is 2.05. The van der Waals surface area contributed by atoms with Crippen molar-refractivity contribution in [2.75, 3.05) is 0 Å². The Hall–Kier alpha value is -0.343. The van der Waals surface area contributed by atoms with E-state index in [2.05, 4.69) is 59.5 Å². The molecule has 0 atom stereocenters.